The van der Waals surface area contributed by atoms with Gasteiger partial charge in [-0.15, -0.1) is 0 Å². The second kappa shape index (κ2) is 7.88. The molecule has 25 heavy (non-hydrogen) atoms. The second-order valence-electron chi connectivity index (χ2n) is 5.28. The number of nitrogens with two attached hydrogens (primary N) is 1. The molecule has 2 rings (SSSR count). The van der Waals surface area contributed by atoms with Gasteiger partial charge >= 0.3 is 5.97 Å². The van der Waals surface area contributed by atoms with Crippen molar-refractivity contribution in [1.29, 1.82) is 5.26 Å². The first-order valence-electron chi connectivity index (χ1n) is 7.45. The summed E-state index contributed by atoms with van der Waals surface area (Å²) in [5.74, 6) is -0.952. The highest BCUT2D eigenvalue weighted by atomic mass is 16.5. The number of aryl methyl sites for hydroxylation is 1. The molecule has 8 heteroatoms. The summed E-state index contributed by atoms with van der Waals surface area (Å²) < 4.78 is 4.83. The van der Waals surface area contributed by atoms with Crippen molar-refractivity contribution in [3.8, 4) is 6.07 Å². The second-order valence-corrected chi connectivity index (χ2v) is 5.28. The summed E-state index contributed by atoms with van der Waals surface area (Å²) in [5.41, 5.74) is 5.49. The fraction of sp³-hybridized carbons (Fsp3) is 0.235. The number of para-hydroxylation sites is 1. The van der Waals surface area contributed by atoms with Crippen LogP contribution in [0.4, 0.5) is 0 Å². The average Bonchev–Trinajstić information content (AvgIpc) is 2.58. The van der Waals surface area contributed by atoms with E-state index in [4.69, 9.17) is 15.7 Å². The number of ketones is 1. The summed E-state index contributed by atoms with van der Waals surface area (Å²) in [6.45, 7) is 0.859. The molecule has 0 unspecified atom stereocenters. The maximum absolute atomic E-state index is 11.9. The minimum Gasteiger partial charge on any atom is -0.457 e. The van der Waals surface area contributed by atoms with Gasteiger partial charge in [0.25, 0.3) is 5.56 Å². The Bertz CT molecular complexity index is 949. The lowest BCUT2D eigenvalue weighted by Gasteiger charge is -2.05. The van der Waals surface area contributed by atoms with E-state index in [0.29, 0.717) is 16.7 Å². The molecule has 3 N–H and O–H groups in total. The van der Waals surface area contributed by atoms with E-state index in [-0.39, 0.29) is 29.7 Å². The van der Waals surface area contributed by atoms with E-state index < -0.39 is 18.4 Å². The van der Waals surface area contributed by atoms with Gasteiger partial charge < -0.3 is 15.5 Å². The van der Waals surface area contributed by atoms with Crippen LogP contribution < -0.4 is 11.3 Å². The molecule has 0 saturated carbocycles. The molecule has 0 spiro atoms. The SMILES string of the molecule is C/C(N)=C(/C#N)C(=O)COC(=O)CCc1nc2ccccc2c(=O)[nH]1. The minimum absolute atomic E-state index is 0.0677. The summed E-state index contributed by atoms with van der Waals surface area (Å²) in [5, 5.41) is 9.27. The first-order chi connectivity index (χ1) is 11.9. The maximum Gasteiger partial charge on any atom is 0.306 e. The van der Waals surface area contributed by atoms with Gasteiger partial charge in [-0.05, 0) is 19.1 Å². The Kier molecular flexibility index (Phi) is 5.63. The van der Waals surface area contributed by atoms with Crippen molar-refractivity contribution in [3.05, 3.63) is 51.7 Å². The summed E-state index contributed by atoms with van der Waals surface area (Å²) in [4.78, 5) is 42.2. The van der Waals surface area contributed by atoms with Crippen LogP contribution in [0.5, 0.6) is 0 Å². The number of aromatic amines is 1. The van der Waals surface area contributed by atoms with Crippen LogP contribution in [0.15, 0.2) is 40.3 Å². The third kappa shape index (κ3) is 4.51. The van der Waals surface area contributed by atoms with E-state index in [1.54, 1.807) is 30.3 Å². The highest BCUT2D eigenvalue weighted by Crippen LogP contribution is 2.07. The largest absolute Gasteiger partial charge is 0.457 e. The molecule has 0 aliphatic rings. The van der Waals surface area contributed by atoms with Crippen molar-refractivity contribution in [2.75, 3.05) is 6.61 Å². The molecule has 1 heterocycles. The number of aromatic nitrogens is 2. The van der Waals surface area contributed by atoms with Crippen molar-refractivity contribution in [3.63, 3.8) is 0 Å². The zero-order chi connectivity index (χ0) is 18.4. The quantitative estimate of drug-likeness (QED) is 0.449. The number of H-pyrrole nitrogens is 1. The monoisotopic (exact) mass is 340 g/mol. The number of esters is 1. The number of Topliss-reactive ketones (excluding diaryl/α,β-unsaturated/α-hetero) is 1. The number of nitrogens with one attached hydrogen (secondary N) is 1. The number of ether oxygens (including phenoxy) is 1. The van der Waals surface area contributed by atoms with Crippen LogP contribution in [-0.2, 0) is 20.7 Å². The van der Waals surface area contributed by atoms with Gasteiger partial charge in [-0.3, -0.25) is 14.4 Å². The van der Waals surface area contributed by atoms with Crippen LogP contribution in [-0.4, -0.2) is 28.3 Å². The van der Waals surface area contributed by atoms with Crippen LogP contribution in [0.25, 0.3) is 10.9 Å². The summed E-state index contributed by atoms with van der Waals surface area (Å²) in [7, 11) is 0. The van der Waals surface area contributed by atoms with Crippen molar-refractivity contribution in [2.24, 2.45) is 5.73 Å². The Balaban J connectivity index is 1.95. The predicted molar refractivity (Wildman–Crippen MR) is 89.2 cm³/mol. The molecule has 8 nitrogen and oxygen atoms in total. The number of hydrogen-bond acceptors (Lipinski definition) is 7. The van der Waals surface area contributed by atoms with Crippen molar-refractivity contribution < 1.29 is 14.3 Å². The third-order valence-corrected chi connectivity index (χ3v) is 3.38. The van der Waals surface area contributed by atoms with Crippen molar-refractivity contribution >= 4 is 22.7 Å². The number of rotatable bonds is 6. The minimum atomic E-state index is -0.659. The van der Waals surface area contributed by atoms with Gasteiger partial charge in [0.15, 0.2) is 6.61 Å². The first-order valence-corrected chi connectivity index (χ1v) is 7.45. The fourth-order valence-electron chi connectivity index (χ4n) is 2.13. The van der Waals surface area contributed by atoms with Gasteiger partial charge in [0.1, 0.15) is 17.5 Å². The fourth-order valence-corrected chi connectivity index (χ4v) is 2.13. The smallest absolute Gasteiger partial charge is 0.306 e. The number of nitriles is 1. The van der Waals surface area contributed by atoms with Gasteiger partial charge in [-0.1, -0.05) is 12.1 Å². The molecular weight excluding hydrogens is 324 g/mol. The van der Waals surface area contributed by atoms with Gasteiger partial charge in [0.05, 0.1) is 17.3 Å². The number of allylic oxidation sites excluding steroid dienone is 1. The molecule has 128 valence electrons. The van der Waals surface area contributed by atoms with E-state index in [1.165, 1.54) is 6.92 Å². The lowest BCUT2D eigenvalue weighted by Crippen LogP contribution is -2.18. The standard InChI is InChI=1S/C17H16N4O4/c1-10(19)12(8-18)14(22)9-25-16(23)7-6-15-20-13-5-3-2-4-11(13)17(24)21-15/h2-5H,6-7,9,19H2,1H3,(H,20,21,24)/b12-10+. The average molecular weight is 340 g/mol. The molecule has 0 saturated heterocycles. The first kappa shape index (κ1) is 17.9. The summed E-state index contributed by atoms with van der Waals surface area (Å²) >= 11 is 0. The van der Waals surface area contributed by atoms with Gasteiger partial charge in [-0.25, -0.2) is 4.98 Å². The van der Waals surface area contributed by atoms with E-state index >= 15 is 0 Å². The molecular formula is C17H16N4O4. The summed E-state index contributed by atoms with van der Waals surface area (Å²) in [6, 6.07) is 8.53. The van der Waals surface area contributed by atoms with Gasteiger partial charge in [0, 0.05) is 12.1 Å². The third-order valence-electron chi connectivity index (χ3n) is 3.38. The lowest BCUT2D eigenvalue weighted by atomic mass is 10.1. The van der Waals surface area contributed by atoms with E-state index in [0.717, 1.165) is 0 Å². The zero-order valence-electron chi connectivity index (χ0n) is 13.5. The van der Waals surface area contributed by atoms with E-state index in [9.17, 15) is 14.4 Å². The van der Waals surface area contributed by atoms with Crippen LogP contribution >= 0.6 is 0 Å². The molecule has 1 aromatic carbocycles. The number of carbonyl (C=O) groups excluding carboxylic acids is 2. The molecule has 0 aliphatic carbocycles. The van der Waals surface area contributed by atoms with Gasteiger partial charge in [-0.2, -0.15) is 5.26 Å². The Morgan fingerprint density at radius 3 is 2.76 bits per heavy atom. The maximum atomic E-state index is 11.9. The number of carbonyl (C=O) groups is 2. The highest BCUT2D eigenvalue weighted by molar-refractivity contribution is 6.01. The molecule has 0 fully saturated rings. The van der Waals surface area contributed by atoms with Crippen molar-refractivity contribution in [2.45, 2.75) is 19.8 Å². The zero-order valence-corrected chi connectivity index (χ0v) is 13.5. The molecule has 0 aliphatic heterocycles. The molecule has 2 aromatic rings. The Hall–Kier alpha value is -3.47. The Morgan fingerprint density at radius 2 is 2.08 bits per heavy atom. The molecule has 1 aromatic heterocycles. The van der Waals surface area contributed by atoms with Crippen LogP contribution in [0.1, 0.15) is 19.2 Å². The van der Waals surface area contributed by atoms with Crippen LogP contribution in [0, 0.1) is 11.3 Å². The van der Waals surface area contributed by atoms with Gasteiger partial charge in [0.2, 0.25) is 5.78 Å². The highest BCUT2D eigenvalue weighted by Gasteiger charge is 2.14. The number of nitrogens with zero attached hydrogens (tertiary/aromatic N) is 2. The van der Waals surface area contributed by atoms with Crippen LogP contribution in [0.3, 0.4) is 0 Å². The molecule has 0 amide bonds. The van der Waals surface area contributed by atoms with Crippen LogP contribution in [0.2, 0.25) is 0 Å². The number of hydrogen-bond donors (Lipinski definition) is 2. The number of benzene rings is 1. The molecule has 0 radical (unpaired) electrons. The van der Waals surface area contributed by atoms with E-state index in [2.05, 4.69) is 9.97 Å². The summed E-state index contributed by atoms with van der Waals surface area (Å²) in [6.07, 6.45) is 0.0890. The van der Waals surface area contributed by atoms with E-state index in [1.807, 2.05) is 0 Å². The molecule has 0 atom stereocenters. The normalized spacial score (nSPS) is 11.5. The topological polar surface area (TPSA) is 139 Å². The number of fused-ring (bicyclic) bond motifs is 1. The Labute approximate surface area is 142 Å². The van der Waals surface area contributed by atoms with Crippen molar-refractivity contribution in [1.82, 2.24) is 9.97 Å². The Morgan fingerprint density at radius 1 is 1.36 bits per heavy atom. The lowest BCUT2D eigenvalue weighted by molar-refractivity contribution is -0.147. The molecule has 0 bridgehead atoms. The predicted octanol–water partition coefficient (Wildman–Crippen LogP) is 0.724.